The van der Waals surface area contributed by atoms with Gasteiger partial charge < -0.3 is 30.4 Å². The van der Waals surface area contributed by atoms with Crippen molar-refractivity contribution in [3.05, 3.63) is 16.9 Å². The summed E-state index contributed by atoms with van der Waals surface area (Å²) in [6.07, 6.45) is 3.43. The van der Waals surface area contributed by atoms with Gasteiger partial charge in [-0.05, 0) is 35.7 Å². The molecule has 2 aromatic rings. The molecule has 4 N–H and O–H groups in total. The second-order valence-electron chi connectivity index (χ2n) is 6.48. The zero-order chi connectivity index (χ0) is 19.6. The monoisotopic (exact) mass is 439 g/mol. The second kappa shape index (κ2) is 8.13. The van der Waals surface area contributed by atoms with E-state index in [-0.39, 0.29) is 11.9 Å². The molecule has 0 saturated carbocycles. The van der Waals surface area contributed by atoms with Crippen LogP contribution in [0.1, 0.15) is 19.8 Å². The van der Waals surface area contributed by atoms with Crippen molar-refractivity contribution in [2.45, 2.75) is 31.9 Å². The molecule has 2 atom stereocenters. The van der Waals surface area contributed by atoms with Gasteiger partial charge in [-0.25, -0.2) is 9.78 Å². The Kier molecular flexibility index (Phi) is 5.85. The molecule has 1 aliphatic rings. The number of rotatable bonds is 5. The number of ether oxygens (including phenoxy) is 1. The number of H-pyrrole nitrogens is 1. The Morgan fingerprint density at radius 2 is 2.30 bits per heavy atom. The van der Waals surface area contributed by atoms with Gasteiger partial charge in [-0.2, -0.15) is 0 Å². The van der Waals surface area contributed by atoms with Crippen LogP contribution in [0.5, 0.6) is 0 Å². The zero-order valence-corrected chi connectivity index (χ0v) is 16.7. The summed E-state index contributed by atoms with van der Waals surface area (Å²) in [4.78, 5) is 32.8. The molecule has 0 aliphatic carbocycles. The van der Waals surface area contributed by atoms with E-state index in [4.69, 9.17) is 9.84 Å². The lowest BCUT2D eigenvalue weighted by molar-refractivity contribution is -0.124. The number of carbonyl (C=O) groups is 2. The maximum absolute atomic E-state index is 12.3. The number of aromatic nitrogens is 2. The molecule has 2 aromatic heterocycles. The van der Waals surface area contributed by atoms with Crippen LogP contribution < -0.4 is 15.5 Å². The first-order valence-electron chi connectivity index (χ1n) is 8.64. The predicted molar refractivity (Wildman–Crippen MR) is 105 cm³/mol. The van der Waals surface area contributed by atoms with Crippen molar-refractivity contribution < 1.29 is 19.4 Å². The van der Waals surface area contributed by atoms with Crippen molar-refractivity contribution in [1.29, 1.82) is 0 Å². The molecular weight excluding hydrogens is 418 g/mol. The number of fused-ring (bicyclic) bond motifs is 1. The van der Waals surface area contributed by atoms with Crippen LogP contribution in [0.15, 0.2) is 16.9 Å². The first-order valence-corrected chi connectivity index (χ1v) is 9.43. The number of piperidine rings is 1. The Morgan fingerprint density at radius 1 is 1.52 bits per heavy atom. The summed E-state index contributed by atoms with van der Waals surface area (Å²) in [7, 11) is 1.48. The van der Waals surface area contributed by atoms with Crippen LogP contribution >= 0.6 is 15.9 Å². The van der Waals surface area contributed by atoms with Crippen LogP contribution in [0.3, 0.4) is 0 Å². The summed E-state index contributed by atoms with van der Waals surface area (Å²) in [5, 5.41) is 15.2. The summed E-state index contributed by atoms with van der Waals surface area (Å²) in [5.41, 5.74) is 2.12. The fourth-order valence-electron chi connectivity index (χ4n) is 3.28. The van der Waals surface area contributed by atoms with E-state index in [0.29, 0.717) is 17.9 Å². The molecule has 27 heavy (non-hydrogen) atoms. The number of halogens is 1. The van der Waals surface area contributed by atoms with Gasteiger partial charge in [-0.15, -0.1) is 0 Å². The van der Waals surface area contributed by atoms with Gasteiger partial charge in [0.05, 0.1) is 21.2 Å². The minimum atomic E-state index is -1.02. The van der Waals surface area contributed by atoms with Crippen LogP contribution in [-0.4, -0.2) is 59.4 Å². The van der Waals surface area contributed by atoms with E-state index in [0.717, 1.165) is 34.9 Å². The van der Waals surface area contributed by atoms with Crippen molar-refractivity contribution >= 4 is 50.3 Å². The van der Waals surface area contributed by atoms with Crippen LogP contribution in [0.25, 0.3) is 11.0 Å². The number of amides is 2. The highest BCUT2D eigenvalue weighted by Crippen LogP contribution is 2.39. The molecule has 3 heterocycles. The standard InChI is InChI=1S/C17H22BrN5O4/c1-9(27-2)16(24)22-12-7-20-15-13(12)14(11(18)6-19-15)23-5-3-4-10(8-23)21-17(25)26/h6-7,9-10,21H,3-5,8H2,1-2H3,(H,19,20)(H,22,24)(H,25,26). The van der Waals surface area contributed by atoms with Gasteiger partial charge in [-0.3, -0.25) is 4.79 Å². The van der Waals surface area contributed by atoms with Gasteiger partial charge in [0.2, 0.25) is 0 Å². The van der Waals surface area contributed by atoms with Crippen LogP contribution in [0, 0.1) is 0 Å². The number of nitrogens with zero attached hydrogens (tertiary/aromatic N) is 2. The molecule has 2 unspecified atom stereocenters. The van der Waals surface area contributed by atoms with Crippen molar-refractivity contribution in [3.8, 4) is 0 Å². The third kappa shape index (κ3) is 4.16. The third-order valence-electron chi connectivity index (χ3n) is 4.68. The van der Waals surface area contributed by atoms with Gasteiger partial charge in [0.1, 0.15) is 11.8 Å². The molecule has 2 amide bonds. The molecule has 1 aliphatic heterocycles. The van der Waals surface area contributed by atoms with Crippen molar-refractivity contribution in [3.63, 3.8) is 0 Å². The maximum atomic E-state index is 12.3. The average molecular weight is 440 g/mol. The largest absolute Gasteiger partial charge is 0.465 e. The van der Waals surface area contributed by atoms with E-state index < -0.39 is 12.2 Å². The second-order valence-corrected chi connectivity index (χ2v) is 7.34. The quantitative estimate of drug-likeness (QED) is 0.568. The zero-order valence-electron chi connectivity index (χ0n) is 15.1. The lowest BCUT2D eigenvalue weighted by Gasteiger charge is -2.35. The number of carbonyl (C=O) groups excluding carboxylic acids is 1. The SMILES string of the molecule is COC(C)C(=O)Nc1c[nH]c2ncc(Br)c(N3CCCC(NC(=O)O)C3)c12. The minimum Gasteiger partial charge on any atom is -0.465 e. The third-order valence-corrected chi connectivity index (χ3v) is 5.26. The van der Waals surface area contributed by atoms with E-state index in [1.807, 2.05) is 0 Å². The minimum absolute atomic E-state index is 0.156. The molecule has 10 heteroatoms. The Hall–Kier alpha value is -2.33. The lowest BCUT2D eigenvalue weighted by atomic mass is 10.0. The fraction of sp³-hybridized carbons (Fsp3) is 0.471. The number of hydrogen-bond acceptors (Lipinski definition) is 5. The Labute approximate surface area is 164 Å². The van der Waals surface area contributed by atoms with Crippen LogP contribution in [-0.2, 0) is 9.53 Å². The van der Waals surface area contributed by atoms with Gasteiger partial charge in [-0.1, -0.05) is 0 Å². The Bertz CT molecular complexity index is 855. The summed E-state index contributed by atoms with van der Waals surface area (Å²) in [6.45, 7) is 2.99. The molecule has 0 bridgehead atoms. The number of aromatic amines is 1. The average Bonchev–Trinajstić information content (AvgIpc) is 3.03. The summed E-state index contributed by atoms with van der Waals surface area (Å²) < 4.78 is 5.85. The Morgan fingerprint density at radius 3 is 3.00 bits per heavy atom. The van der Waals surface area contributed by atoms with E-state index in [2.05, 4.69) is 41.4 Å². The topological polar surface area (TPSA) is 120 Å². The van der Waals surface area contributed by atoms with Crippen molar-refractivity contribution in [1.82, 2.24) is 15.3 Å². The first kappa shape index (κ1) is 19.4. The van der Waals surface area contributed by atoms with E-state index in [1.54, 1.807) is 19.3 Å². The molecule has 9 nitrogen and oxygen atoms in total. The van der Waals surface area contributed by atoms with E-state index in [1.165, 1.54) is 7.11 Å². The van der Waals surface area contributed by atoms with Crippen LogP contribution in [0.4, 0.5) is 16.2 Å². The van der Waals surface area contributed by atoms with Gasteiger partial charge in [0.25, 0.3) is 5.91 Å². The predicted octanol–water partition coefficient (Wildman–Crippen LogP) is 2.54. The molecule has 3 rings (SSSR count). The molecule has 1 saturated heterocycles. The number of methoxy groups -OCH3 is 1. The summed E-state index contributed by atoms with van der Waals surface area (Å²) in [5.74, 6) is -0.256. The van der Waals surface area contributed by atoms with Crippen molar-refractivity contribution in [2.24, 2.45) is 0 Å². The number of anilines is 2. The first-order chi connectivity index (χ1) is 12.9. The highest BCUT2D eigenvalue weighted by molar-refractivity contribution is 9.10. The maximum Gasteiger partial charge on any atom is 0.404 e. The van der Waals surface area contributed by atoms with Gasteiger partial charge in [0, 0.05) is 38.6 Å². The molecule has 0 spiro atoms. The highest BCUT2D eigenvalue weighted by atomic mass is 79.9. The van der Waals surface area contributed by atoms with Gasteiger partial charge in [0.15, 0.2) is 0 Å². The van der Waals surface area contributed by atoms with Gasteiger partial charge >= 0.3 is 6.09 Å². The number of nitrogens with one attached hydrogen (secondary N) is 3. The highest BCUT2D eigenvalue weighted by Gasteiger charge is 2.26. The summed E-state index contributed by atoms with van der Waals surface area (Å²) >= 11 is 3.56. The molecular formula is C17H22BrN5O4. The molecule has 1 fully saturated rings. The fourth-order valence-corrected chi connectivity index (χ4v) is 3.83. The normalized spacial score (nSPS) is 18.3. The van der Waals surface area contributed by atoms with E-state index in [9.17, 15) is 9.59 Å². The number of hydrogen-bond donors (Lipinski definition) is 4. The molecule has 0 aromatic carbocycles. The molecule has 0 radical (unpaired) electrons. The number of pyridine rings is 1. The van der Waals surface area contributed by atoms with Crippen LogP contribution in [0.2, 0.25) is 0 Å². The smallest absolute Gasteiger partial charge is 0.404 e. The molecule has 146 valence electrons. The van der Waals surface area contributed by atoms with Crippen molar-refractivity contribution in [2.75, 3.05) is 30.4 Å². The summed E-state index contributed by atoms with van der Waals surface area (Å²) in [6, 6.07) is -0.156. The Balaban J connectivity index is 1.96. The van der Waals surface area contributed by atoms with E-state index >= 15 is 0 Å². The number of carboxylic acid groups (broad SMARTS) is 1. The lowest BCUT2D eigenvalue weighted by Crippen LogP contribution is -2.47.